The zero-order valence-corrected chi connectivity index (χ0v) is 12.6. The summed E-state index contributed by atoms with van der Waals surface area (Å²) in [6, 6.07) is 9.40. The summed E-state index contributed by atoms with van der Waals surface area (Å²) in [5.41, 5.74) is 1.50. The maximum absolute atomic E-state index is 5.38. The number of benzene rings is 1. The third-order valence-corrected chi connectivity index (χ3v) is 3.44. The second-order valence-electron chi connectivity index (χ2n) is 4.12. The molecule has 3 aromatic rings. The minimum atomic E-state index is 0.567. The number of methoxy groups -OCH3 is 2. The molecule has 0 aliphatic carbocycles. The van der Waals surface area contributed by atoms with Gasteiger partial charge in [-0.25, -0.2) is 9.50 Å². The first-order valence-electron chi connectivity index (χ1n) is 5.96. The Balaban J connectivity index is 2.24. The molecule has 5 nitrogen and oxygen atoms in total. The van der Waals surface area contributed by atoms with Crippen molar-refractivity contribution >= 4 is 21.6 Å². The highest BCUT2D eigenvalue weighted by molar-refractivity contribution is 9.10. The van der Waals surface area contributed by atoms with Crippen LogP contribution in [-0.4, -0.2) is 28.8 Å². The van der Waals surface area contributed by atoms with Crippen molar-refractivity contribution in [3.63, 3.8) is 0 Å². The maximum Gasteiger partial charge on any atom is 0.189 e. The largest absolute Gasteiger partial charge is 0.496 e. The zero-order valence-electron chi connectivity index (χ0n) is 11.0. The van der Waals surface area contributed by atoms with E-state index < -0.39 is 0 Å². The lowest BCUT2D eigenvalue weighted by atomic mass is 10.1. The summed E-state index contributed by atoms with van der Waals surface area (Å²) in [5.74, 6) is 1.93. The fraction of sp³-hybridized carbons (Fsp3) is 0.143. The molecule has 0 saturated carbocycles. The van der Waals surface area contributed by atoms with E-state index in [-0.39, 0.29) is 0 Å². The first kappa shape index (κ1) is 12.9. The molecular formula is C14H12BrN3O2. The molecule has 0 bridgehead atoms. The lowest BCUT2D eigenvalue weighted by Gasteiger charge is -2.09. The molecule has 1 aromatic carbocycles. The van der Waals surface area contributed by atoms with Crippen LogP contribution in [0.1, 0.15) is 0 Å². The highest BCUT2D eigenvalue weighted by Gasteiger charge is 2.17. The summed E-state index contributed by atoms with van der Waals surface area (Å²) >= 11 is 3.42. The SMILES string of the molecule is COc1cccc(OC)c1-c1nc2cc(Br)ccn2n1. The molecule has 0 atom stereocenters. The van der Waals surface area contributed by atoms with E-state index in [1.165, 1.54) is 0 Å². The van der Waals surface area contributed by atoms with Crippen LogP contribution in [0.15, 0.2) is 41.0 Å². The number of halogens is 1. The van der Waals surface area contributed by atoms with E-state index in [4.69, 9.17) is 9.47 Å². The van der Waals surface area contributed by atoms with Gasteiger partial charge in [0.05, 0.1) is 14.2 Å². The monoisotopic (exact) mass is 333 g/mol. The average Bonchev–Trinajstić information content (AvgIpc) is 2.88. The summed E-state index contributed by atoms with van der Waals surface area (Å²) in [4.78, 5) is 4.52. The lowest BCUT2D eigenvalue weighted by Crippen LogP contribution is -1.94. The van der Waals surface area contributed by atoms with Crippen molar-refractivity contribution in [3.8, 4) is 22.9 Å². The van der Waals surface area contributed by atoms with Crippen molar-refractivity contribution < 1.29 is 9.47 Å². The third kappa shape index (κ3) is 2.12. The van der Waals surface area contributed by atoms with Gasteiger partial charge >= 0.3 is 0 Å². The number of rotatable bonds is 3. The summed E-state index contributed by atoms with van der Waals surface area (Å²) in [6.07, 6.45) is 1.85. The van der Waals surface area contributed by atoms with E-state index in [1.807, 2.05) is 36.5 Å². The van der Waals surface area contributed by atoms with Crippen molar-refractivity contribution in [2.75, 3.05) is 14.2 Å². The average molecular weight is 334 g/mol. The Morgan fingerprint density at radius 2 is 1.80 bits per heavy atom. The van der Waals surface area contributed by atoms with Crippen molar-refractivity contribution in [1.29, 1.82) is 0 Å². The van der Waals surface area contributed by atoms with Crippen LogP contribution in [0.2, 0.25) is 0 Å². The molecule has 0 radical (unpaired) electrons. The molecule has 102 valence electrons. The van der Waals surface area contributed by atoms with E-state index in [9.17, 15) is 0 Å². The molecule has 0 aliphatic heterocycles. The molecule has 0 fully saturated rings. The minimum Gasteiger partial charge on any atom is -0.496 e. The first-order valence-corrected chi connectivity index (χ1v) is 6.75. The van der Waals surface area contributed by atoms with E-state index >= 15 is 0 Å². The number of fused-ring (bicyclic) bond motifs is 1. The van der Waals surface area contributed by atoms with Gasteiger partial charge < -0.3 is 9.47 Å². The van der Waals surface area contributed by atoms with Gasteiger partial charge in [-0.15, -0.1) is 5.10 Å². The predicted octanol–water partition coefficient (Wildman–Crippen LogP) is 3.18. The molecular weight excluding hydrogens is 322 g/mol. The minimum absolute atomic E-state index is 0.567. The summed E-state index contributed by atoms with van der Waals surface area (Å²) < 4.78 is 13.4. The number of ether oxygens (including phenoxy) is 2. The number of hydrogen-bond acceptors (Lipinski definition) is 4. The van der Waals surface area contributed by atoms with Crippen molar-refractivity contribution in [2.24, 2.45) is 0 Å². The highest BCUT2D eigenvalue weighted by atomic mass is 79.9. The summed E-state index contributed by atoms with van der Waals surface area (Å²) in [5, 5.41) is 4.47. The van der Waals surface area contributed by atoms with Gasteiger partial charge in [0, 0.05) is 10.7 Å². The number of pyridine rings is 1. The Labute approximate surface area is 124 Å². The van der Waals surface area contributed by atoms with E-state index in [0.29, 0.717) is 17.3 Å². The molecule has 0 aliphatic rings. The molecule has 0 N–H and O–H groups in total. The van der Waals surface area contributed by atoms with Crippen molar-refractivity contribution in [3.05, 3.63) is 41.0 Å². The van der Waals surface area contributed by atoms with Crippen LogP contribution in [0.4, 0.5) is 0 Å². The molecule has 3 rings (SSSR count). The van der Waals surface area contributed by atoms with Crippen LogP contribution in [0, 0.1) is 0 Å². The lowest BCUT2D eigenvalue weighted by molar-refractivity contribution is 0.397. The summed E-state index contributed by atoms with van der Waals surface area (Å²) in [6.45, 7) is 0. The normalized spacial score (nSPS) is 10.8. The van der Waals surface area contributed by atoms with Gasteiger partial charge in [0.15, 0.2) is 11.5 Å². The second-order valence-corrected chi connectivity index (χ2v) is 5.04. The van der Waals surface area contributed by atoms with Crippen LogP contribution in [0.5, 0.6) is 11.5 Å². The van der Waals surface area contributed by atoms with E-state index in [2.05, 4.69) is 26.0 Å². The Kier molecular flexibility index (Phi) is 3.31. The Bertz CT molecular complexity index is 748. The predicted molar refractivity (Wildman–Crippen MR) is 79.2 cm³/mol. The van der Waals surface area contributed by atoms with Crippen LogP contribution >= 0.6 is 15.9 Å². The van der Waals surface area contributed by atoms with E-state index in [0.717, 1.165) is 15.7 Å². The topological polar surface area (TPSA) is 48.7 Å². The van der Waals surface area contributed by atoms with Gasteiger partial charge in [0.2, 0.25) is 0 Å². The quantitative estimate of drug-likeness (QED) is 0.738. The van der Waals surface area contributed by atoms with Gasteiger partial charge in [0.25, 0.3) is 0 Å². The van der Waals surface area contributed by atoms with Gasteiger partial charge in [0.1, 0.15) is 17.1 Å². The molecule has 0 unspecified atom stereocenters. The highest BCUT2D eigenvalue weighted by Crippen LogP contribution is 2.36. The first-order chi connectivity index (χ1) is 9.72. The smallest absolute Gasteiger partial charge is 0.189 e. The van der Waals surface area contributed by atoms with Crippen LogP contribution in [0.25, 0.3) is 17.0 Å². The van der Waals surface area contributed by atoms with Crippen molar-refractivity contribution in [1.82, 2.24) is 14.6 Å². The Morgan fingerprint density at radius 3 is 2.45 bits per heavy atom. The molecule has 0 saturated heterocycles. The Morgan fingerprint density at radius 1 is 1.10 bits per heavy atom. The summed E-state index contributed by atoms with van der Waals surface area (Å²) in [7, 11) is 3.23. The maximum atomic E-state index is 5.38. The number of aromatic nitrogens is 3. The van der Waals surface area contributed by atoms with Gasteiger partial charge in [-0.05, 0) is 24.3 Å². The van der Waals surface area contributed by atoms with Crippen LogP contribution < -0.4 is 9.47 Å². The fourth-order valence-corrected chi connectivity index (χ4v) is 2.36. The van der Waals surface area contributed by atoms with Crippen LogP contribution in [-0.2, 0) is 0 Å². The standard InChI is InChI=1S/C14H12BrN3O2/c1-19-10-4-3-5-11(20-2)13(10)14-16-12-8-9(15)6-7-18(12)17-14/h3-8H,1-2H3. The second kappa shape index (κ2) is 5.13. The van der Waals surface area contributed by atoms with E-state index in [1.54, 1.807) is 18.7 Å². The van der Waals surface area contributed by atoms with Crippen LogP contribution in [0.3, 0.4) is 0 Å². The number of hydrogen-bond donors (Lipinski definition) is 0. The van der Waals surface area contributed by atoms with Gasteiger partial charge in [-0.3, -0.25) is 0 Å². The molecule has 20 heavy (non-hydrogen) atoms. The van der Waals surface area contributed by atoms with Gasteiger partial charge in [-0.1, -0.05) is 22.0 Å². The molecule has 2 aromatic heterocycles. The van der Waals surface area contributed by atoms with Crippen molar-refractivity contribution in [2.45, 2.75) is 0 Å². The zero-order chi connectivity index (χ0) is 14.1. The Hall–Kier alpha value is -2.08. The molecule has 0 spiro atoms. The molecule has 2 heterocycles. The van der Waals surface area contributed by atoms with Gasteiger partial charge in [-0.2, -0.15) is 0 Å². The fourth-order valence-electron chi connectivity index (χ4n) is 2.03. The molecule has 0 amide bonds. The third-order valence-electron chi connectivity index (χ3n) is 2.95. The number of nitrogens with zero attached hydrogens (tertiary/aromatic N) is 3. The molecule has 6 heteroatoms.